The second kappa shape index (κ2) is 9.94. The van der Waals surface area contributed by atoms with E-state index in [9.17, 15) is 0 Å². The lowest BCUT2D eigenvalue weighted by Gasteiger charge is -2.19. The van der Waals surface area contributed by atoms with E-state index >= 15 is 0 Å². The standard InChI is InChI=1S/C21H29NO3/c1-4-23-19-9-7-8-16(13-19)12-18(15-22)17-10-11-20(24-5-2)21(14-17)25-6-3/h7-11,13-14,18H,4-6,12,15,22H2,1-3H3. The van der Waals surface area contributed by atoms with E-state index in [4.69, 9.17) is 19.9 Å². The fourth-order valence-corrected chi connectivity index (χ4v) is 2.87. The van der Waals surface area contributed by atoms with Crippen LogP contribution >= 0.6 is 0 Å². The highest BCUT2D eigenvalue weighted by Crippen LogP contribution is 2.32. The zero-order valence-electron chi connectivity index (χ0n) is 15.5. The molecule has 0 spiro atoms. The molecule has 0 saturated carbocycles. The summed E-state index contributed by atoms with van der Waals surface area (Å²) >= 11 is 0. The van der Waals surface area contributed by atoms with Gasteiger partial charge in [0.15, 0.2) is 11.5 Å². The molecule has 1 unspecified atom stereocenters. The molecule has 2 aromatic rings. The Labute approximate surface area is 150 Å². The quantitative estimate of drug-likeness (QED) is 0.703. The summed E-state index contributed by atoms with van der Waals surface area (Å²) in [6, 6.07) is 14.3. The molecule has 2 rings (SSSR count). The molecular weight excluding hydrogens is 314 g/mol. The molecule has 4 heteroatoms. The molecule has 0 amide bonds. The van der Waals surface area contributed by atoms with Gasteiger partial charge in [0.2, 0.25) is 0 Å². The van der Waals surface area contributed by atoms with E-state index < -0.39 is 0 Å². The van der Waals surface area contributed by atoms with Gasteiger partial charge in [0.25, 0.3) is 0 Å². The van der Waals surface area contributed by atoms with Crippen molar-refractivity contribution < 1.29 is 14.2 Å². The van der Waals surface area contributed by atoms with Crippen LogP contribution in [0, 0.1) is 0 Å². The molecular formula is C21H29NO3. The molecule has 0 bridgehead atoms. The van der Waals surface area contributed by atoms with Crippen molar-refractivity contribution in [3.8, 4) is 17.2 Å². The Morgan fingerprint density at radius 1 is 0.840 bits per heavy atom. The first-order valence-corrected chi connectivity index (χ1v) is 9.03. The Kier molecular flexibility index (Phi) is 7.61. The minimum Gasteiger partial charge on any atom is -0.494 e. The SMILES string of the molecule is CCOc1cccc(CC(CN)c2ccc(OCC)c(OCC)c2)c1. The highest BCUT2D eigenvalue weighted by atomic mass is 16.5. The van der Waals surface area contributed by atoms with E-state index in [0.29, 0.717) is 26.4 Å². The van der Waals surface area contributed by atoms with Gasteiger partial charge < -0.3 is 19.9 Å². The number of hydrogen-bond donors (Lipinski definition) is 1. The van der Waals surface area contributed by atoms with Crippen LogP contribution in [0.5, 0.6) is 17.2 Å². The van der Waals surface area contributed by atoms with Crippen molar-refractivity contribution in [3.63, 3.8) is 0 Å². The van der Waals surface area contributed by atoms with Crippen LogP contribution < -0.4 is 19.9 Å². The highest BCUT2D eigenvalue weighted by molar-refractivity contribution is 5.44. The molecule has 2 N–H and O–H groups in total. The summed E-state index contributed by atoms with van der Waals surface area (Å²) in [5, 5.41) is 0. The molecule has 25 heavy (non-hydrogen) atoms. The minimum atomic E-state index is 0.215. The van der Waals surface area contributed by atoms with Crippen molar-refractivity contribution >= 4 is 0 Å². The first-order valence-electron chi connectivity index (χ1n) is 9.03. The van der Waals surface area contributed by atoms with Crippen LogP contribution in [0.25, 0.3) is 0 Å². The summed E-state index contributed by atoms with van der Waals surface area (Å²) in [7, 11) is 0. The average Bonchev–Trinajstić information content (AvgIpc) is 2.62. The maximum atomic E-state index is 6.07. The molecule has 1 atom stereocenters. The predicted octanol–water partition coefficient (Wildman–Crippen LogP) is 4.17. The third-order valence-electron chi connectivity index (χ3n) is 4.01. The van der Waals surface area contributed by atoms with Crippen LogP contribution in [0.2, 0.25) is 0 Å². The van der Waals surface area contributed by atoms with Gasteiger partial charge >= 0.3 is 0 Å². The lowest BCUT2D eigenvalue weighted by atomic mass is 9.91. The largest absolute Gasteiger partial charge is 0.494 e. The van der Waals surface area contributed by atoms with Gasteiger partial charge in [-0.15, -0.1) is 0 Å². The number of hydrogen-bond acceptors (Lipinski definition) is 4. The van der Waals surface area contributed by atoms with Gasteiger partial charge in [0, 0.05) is 5.92 Å². The Hall–Kier alpha value is -2.20. The summed E-state index contributed by atoms with van der Waals surface area (Å²) < 4.78 is 17.0. The van der Waals surface area contributed by atoms with Crippen molar-refractivity contribution in [2.45, 2.75) is 33.1 Å². The molecule has 0 aromatic heterocycles. The molecule has 0 saturated heterocycles. The van der Waals surface area contributed by atoms with Crippen LogP contribution in [0.4, 0.5) is 0 Å². The highest BCUT2D eigenvalue weighted by Gasteiger charge is 2.15. The van der Waals surface area contributed by atoms with Gasteiger partial charge in [-0.25, -0.2) is 0 Å². The fraction of sp³-hybridized carbons (Fsp3) is 0.429. The van der Waals surface area contributed by atoms with Crippen molar-refractivity contribution in [2.75, 3.05) is 26.4 Å². The van der Waals surface area contributed by atoms with E-state index in [1.54, 1.807) is 0 Å². The Morgan fingerprint density at radius 3 is 2.24 bits per heavy atom. The van der Waals surface area contributed by atoms with Crippen LogP contribution in [-0.4, -0.2) is 26.4 Å². The minimum absolute atomic E-state index is 0.215. The second-order valence-electron chi connectivity index (χ2n) is 5.79. The summed E-state index contributed by atoms with van der Waals surface area (Å²) in [6.07, 6.45) is 0.858. The topological polar surface area (TPSA) is 53.7 Å². The van der Waals surface area contributed by atoms with Crippen molar-refractivity contribution in [2.24, 2.45) is 5.73 Å². The van der Waals surface area contributed by atoms with Crippen molar-refractivity contribution in [3.05, 3.63) is 53.6 Å². The maximum absolute atomic E-state index is 6.07. The molecule has 4 nitrogen and oxygen atoms in total. The van der Waals surface area contributed by atoms with Gasteiger partial charge in [-0.3, -0.25) is 0 Å². The molecule has 0 heterocycles. The van der Waals surface area contributed by atoms with E-state index in [-0.39, 0.29) is 5.92 Å². The normalized spacial score (nSPS) is 11.8. The summed E-state index contributed by atoms with van der Waals surface area (Å²) in [6.45, 7) is 8.39. The van der Waals surface area contributed by atoms with Crippen LogP contribution in [0.3, 0.4) is 0 Å². The van der Waals surface area contributed by atoms with Gasteiger partial charge in [-0.05, 0) is 69.1 Å². The monoisotopic (exact) mass is 343 g/mol. The second-order valence-corrected chi connectivity index (χ2v) is 5.79. The molecule has 136 valence electrons. The lowest BCUT2D eigenvalue weighted by molar-refractivity contribution is 0.287. The van der Waals surface area contributed by atoms with Crippen LogP contribution in [0.15, 0.2) is 42.5 Å². The zero-order valence-corrected chi connectivity index (χ0v) is 15.5. The maximum Gasteiger partial charge on any atom is 0.161 e. The average molecular weight is 343 g/mol. The summed E-state index contributed by atoms with van der Waals surface area (Å²) in [5.74, 6) is 2.68. The third kappa shape index (κ3) is 5.40. The first-order chi connectivity index (χ1) is 12.2. The smallest absolute Gasteiger partial charge is 0.161 e. The van der Waals surface area contributed by atoms with E-state index in [1.165, 1.54) is 5.56 Å². The van der Waals surface area contributed by atoms with Crippen molar-refractivity contribution in [1.29, 1.82) is 0 Å². The number of benzene rings is 2. The zero-order chi connectivity index (χ0) is 18.1. The molecule has 0 aliphatic heterocycles. The van der Waals surface area contributed by atoms with E-state index in [0.717, 1.165) is 29.2 Å². The van der Waals surface area contributed by atoms with Crippen LogP contribution in [0.1, 0.15) is 37.8 Å². The van der Waals surface area contributed by atoms with Crippen LogP contribution in [-0.2, 0) is 6.42 Å². The molecule has 0 radical (unpaired) electrons. The molecule has 0 aliphatic rings. The molecule has 0 aliphatic carbocycles. The predicted molar refractivity (Wildman–Crippen MR) is 102 cm³/mol. The summed E-state index contributed by atoms with van der Waals surface area (Å²) in [5.41, 5.74) is 8.45. The molecule has 0 fully saturated rings. The summed E-state index contributed by atoms with van der Waals surface area (Å²) in [4.78, 5) is 0. The van der Waals surface area contributed by atoms with Crippen molar-refractivity contribution in [1.82, 2.24) is 0 Å². The fourth-order valence-electron chi connectivity index (χ4n) is 2.87. The molecule has 2 aromatic carbocycles. The van der Waals surface area contributed by atoms with Gasteiger partial charge in [0.1, 0.15) is 5.75 Å². The number of rotatable bonds is 10. The van der Waals surface area contributed by atoms with Gasteiger partial charge in [0.05, 0.1) is 19.8 Å². The first kappa shape index (κ1) is 19.1. The van der Waals surface area contributed by atoms with Gasteiger partial charge in [-0.2, -0.15) is 0 Å². The number of nitrogens with two attached hydrogens (primary N) is 1. The Balaban J connectivity index is 2.21. The Bertz CT molecular complexity index is 657. The van der Waals surface area contributed by atoms with E-state index in [2.05, 4.69) is 24.3 Å². The van der Waals surface area contributed by atoms with Gasteiger partial charge in [-0.1, -0.05) is 18.2 Å². The Morgan fingerprint density at radius 2 is 1.56 bits per heavy atom. The lowest BCUT2D eigenvalue weighted by Crippen LogP contribution is -2.15. The third-order valence-corrected chi connectivity index (χ3v) is 4.01. The number of ether oxygens (including phenoxy) is 3. The van der Waals surface area contributed by atoms with E-state index in [1.807, 2.05) is 39.0 Å².